The van der Waals surface area contributed by atoms with Crippen molar-refractivity contribution in [2.45, 2.75) is 45.1 Å². The highest BCUT2D eigenvalue weighted by Gasteiger charge is 2.28. The maximum absolute atomic E-state index is 12.2. The average Bonchev–Trinajstić information content (AvgIpc) is 3.53. The highest BCUT2D eigenvalue weighted by molar-refractivity contribution is 5.86. The van der Waals surface area contributed by atoms with Gasteiger partial charge in [0.1, 0.15) is 5.76 Å². The summed E-state index contributed by atoms with van der Waals surface area (Å²) in [6.07, 6.45) is 3.48. The molecule has 1 aliphatic rings. The quantitative estimate of drug-likeness (QED) is 0.344. The number of rotatable bonds is 7. The van der Waals surface area contributed by atoms with E-state index in [0.29, 0.717) is 6.61 Å². The molecule has 1 N–H and O–H groups in total. The van der Waals surface area contributed by atoms with Gasteiger partial charge in [-0.1, -0.05) is 49.4 Å². The molecule has 0 fully saturated rings. The Balaban J connectivity index is 1.52. The Kier molecular flexibility index (Phi) is 6.37. The lowest BCUT2D eigenvalue weighted by molar-refractivity contribution is 0.0466. The SMILES string of the molecule is CCCOC(=O)c1ccc(C2CCc3cc(-c4ccccc4)n(-c4cccc(CO)c4)c3C2)o1. The van der Waals surface area contributed by atoms with Crippen LogP contribution in [0.15, 0.2) is 77.2 Å². The minimum atomic E-state index is -0.403. The maximum atomic E-state index is 12.2. The maximum Gasteiger partial charge on any atom is 0.374 e. The minimum absolute atomic E-state index is 0.00387. The predicted octanol–water partition coefficient (Wildman–Crippen LogP) is 6.07. The first-order chi connectivity index (χ1) is 16.7. The lowest BCUT2D eigenvalue weighted by Gasteiger charge is -2.23. The van der Waals surface area contributed by atoms with E-state index in [1.54, 1.807) is 6.07 Å². The third-order valence-corrected chi connectivity index (χ3v) is 6.48. The van der Waals surface area contributed by atoms with Crippen LogP contribution in [0, 0.1) is 0 Å². The molecule has 34 heavy (non-hydrogen) atoms. The number of fused-ring (bicyclic) bond motifs is 1. The van der Waals surface area contributed by atoms with E-state index in [4.69, 9.17) is 9.15 Å². The van der Waals surface area contributed by atoms with Crippen LogP contribution in [0.1, 0.15) is 58.8 Å². The van der Waals surface area contributed by atoms with E-state index in [-0.39, 0.29) is 18.3 Å². The number of esters is 1. The molecule has 1 atom stereocenters. The lowest BCUT2D eigenvalue weighted by Crippen LogP contribution is -2.15. The molecule has 0 spiro atoms. The molecule has 5 rings (SSSR count). The van der Waals surface area contributed by atoms with Gasteiger partial charge in [0, 0.05) is 17.3 Å². The molecular formula is C29H29NO4. The van der Waals surface area contributed by atoms with Crippen LogP contribution in [-0.4, -0.2) is 22.2 Å². The number of nitrogens with zero attached hydrogens (tertiary/aromatic N) is 1. The van der Waals surface area contributed by atoms with E-state index < -0.39 is 5.97 Å². The number of aliphatic hydroxyl groups is 1. The van der Waals surface area contributed by atoms with E-state index in [1.807, 2.05) is 37.3 Å². The highest BCUT2D eigenvalue weighted by Crippen LogP contribution is 2.39. The van der Waals surface area contributed by atoms with Crippen LogP contribution in [0.5, 0.6) is 0 Å². The molecule has 1 unspecified atom stereocenters. The van der Waals surface area contributed by atoms with Gasteiger partial charge in [-0.15, -0.1) is 0 Å². The summed E-state index contributed by atoms with van der Waals surface area (Å²) in [6, 6.07) is 24.4. The van der Waals surface area contributed by atoms with Gasteiger partial charge in [0.25, 0.3) is 0 Å². The molecule has 2 aromatic heterocycles. The number of aliphatic hydroxyl groups excluding tert-OH is 1. The van der Waals surface area contributed by atoms with Crippen molar-refractivity contribution in [2.24, 2.45) is 0 Å². The number of ether oxygens (including phenoxy) is 1. The predicted molar refractivity (Wildman–Crippen MR) is 131 cm³/mol. The second kappa shape index (κ2) is 9.74. The number of aromatic nitrogens is 1. The Hall–Kier alpha value is -3.57. The van der Waals surface area contributed by atoms with Crippen molar-refractivity contribution >= 4 is 5.97 Å². The normalized spacial score (nSPS) is 15.2. The Morgan fingerprint density at radius 1 is 1.09 bits per heavy atom. The third-order valence-electron chi connectivity index (χ3n) is 6.48. The van der Waals surface area contributed by atoms with Gasteiger partial charge in [0.2, 0.25) is 5.76 Å². The summed E-state index contributed by atoms with van der Waals surface area (Å²) < 4.78 is 13.5. The fourth-order valence-electron chi connectivity index (χ4n) is 4.81. The molecule has 0 saturated carbocycles. The zero-order valence-corrected chi connectivity index (χ0v) is 19.4. The lowest BCUT2D eigenvalue weighted by atomic mass is 9.86. The number of carbonyl (C=O) groups is 1. The molecular weight excluding hydrogens is 426 g/mol. The molecule has 2 heterocycles. The number of carbonyl (C=O) groups excluding carboxylic acids is 1. The average molecular weight is 456 g/mol. The van der Waals surface area contributed by atoms with Crippen molar-refractivity contribution in [2.75, 3.05) is 6.61 Å². The number of hydrogen-bond donors (Lipinski definition) is 1. The van der Waals surface area contributed by atoms with Crippen LogP contribution in [0.4, 0.5) is 0 Å². The van der Waals surface area contributed by atoms with Crippen molar-refractivity contribution in [1.29, 1.82) is 0 Å². The van der Waals surface area contributed by atoms with Gasteiger partial charge in [0.05, 0.1) is 18.9 Å². The van der Waals surface area contributed by atoms with Crippen LogP contribution in [0.3, 0.4) is 0 Å². The molecule has 0 radical (unpaired) electrons. The van der Waals surface area contributed by atoms with Crippen molar-refractivity contribution < 1.29 is 19.1 Å². The zero-order chi connectivity index (χ0) is 23.5. The van der Waals surface area contributed by atoms with Gasteiger partial charge in [0.15, 0.2) is 0 Å². The van der Waals surface area contributed by atoms with E-state index in [0.717, 1.165) is 54.0 Å². The molecule has 5 nitrogen and oxygen atoms in total. The summed E-state index contributed by atoms with van der Waals surface area (Å²) in [7, 11) is 0. The van der Waals surface area contributed by atoms with Crippen molar-refractivity contribution in [1.82, 2.24) is 4.57 Å². The third kappa shape index (κ3) is 4.31. The van der Waals surface area contributed by atoms with E-state index >= 15 is 0 Å². The largest absolute Gasteiger partial charge is 0.460 e. The molecule has 0 bridgehead atoms. The van der Waals surface area contributed by atoms with Crippen LogP contribution in [0.2, 0.25) is 0 Å². The van der Waals surface area contributed by atoms with Crippen LogP contribution in [-0.2, 0) is 24.2 Å². The molecule has 174 valence electrons. The first kappa shape index (κ1) is 22.2. The number of hydrogen-bond acceptors (Lipinski definition) is 4. The van der Waals surface area contributed by atoms with Crippen molar-refractivity contribution in [3.63, 3.8) is 0 Å². The smallest absolute Gasteiger partial charge is 0.374 e. The first-order valence-corrected chi connectivity index (χ1v) is 11.9. The second-order valence-corrected chi connectivity index (χ2v) is 8.81. The molecule has 1 aliphatic carbocycles. The molecule has 0 saturated heterocycles. The van der Waals surface area contributed by atoms with Gasteiger partial charge in [-0.05, 0) is 72.7 Å². The Labute approximate surface area is 199 Å². The summed E-state index contributed by atoms with van der Waals surface area (Å²) >= 11 is 0. The number of furan rings is 1. The summed E-state index contributed by atoms with van der Waals surface area (Å²) in [5.74, 6) is 0.871. The highest BCUT2D eigenvalue weighted by atomic mass is 16.5. The Morgan fingerprint density at radius 2 is 1.94 bits per heavy atom. The number of benzene rings is 2. The standard InChI is InChI=1S/C29H29NO4/c1-2-15-33-29(32)28-14-13-27(34-28)23-12-11-22-17-25(21-8-4-3-5-9-21)30(26(22)18-23)24-10-6-7-20(16-24)19-31/h3-10,13-14,16-17,23,31H,2,11-12,15,18-19H2,1H3. The van der Waals surface area contributed by atoms with Gasteiger partial charge in [-0.3, -0.25) is 0 Å². The van der Waals surface area contributed by atoms with Crippen LogP contribution < -0.4 is 0 Å². The monoisotopic (exact) mass is 455 g/mol. The van der Waals surface area contributed by atoms with Crippen LogP contribution in [0.25, 0.3) is 16.9 Å². The molecule has 4 aromatic rings. The van der Waals surface area contributed by atoms with Gasteiger partial charge in [-0.25, -0.2) is 4.79 Å². The van der Waals surface area contributed by atoms with Crippen molar-refractivity contribution in [3.05, 3.63) is 101 Å². The fourth-order valence-corrected chi connectivity index (χ4v) is 4.81. The summed E-state index contributed by atoms with van der Waals surface area (Å²) in [4.78, 5) is 12.2. The summed E-state index contributed by atoms with van der Waals surface area (Å²) in [6.45, 7) is 2.36. The second-order valence-electron chi connectivity index (χ2n) is 8.81. The zero-order valence-electron chi connectivity index (χ0n) is 19.4. The van der Waals surface area contributed by atoms with E-state index in [9.17, 15) is 9.90 Å². The minimum Gasteiger partial charge on any atom is -0.460 e. The molecule has 2 aromatic carbocycles. The van der Waals surface area contributed by atoms with Crippen LogP contribution >= 0.6 is 0 Å². The van der Waals surface area contributed by atoms with Crippen molar-refractivity contribution in [3.8, 4) is 16.9 Å². The van der Waals surface area contributed by atoms with Gasteiger partial charge < -0.3 is 18.8 Å². The van der Waals surface area contributed by atoms with E-state index in [2.05, 4.69) is 41.0 Å². The first-order valence-electron chi connectivity index (χ1n) is 11.9. The summed E-state index contributed by atoms with van der Waals surface area (Å²) in [5.41, 5.74) is 6.80. The van der Waals surface area contributed by atoms with Gasteiger partial charge >= 0.3 is 5.97 Å². The Morgan fingerprint density at radius 3 is 2.74 bits per heavy atom. The molecule has 5 heteroatoms. The topological polar surface area (TPSA) is 64.6 Å². The fraction of sp³-hybridized carbons (Fsp3) is 0.276. The summed E-state index contributed by atoms with van der Waals surface area (Å²) in [5, 5.41) is 9.72. The number of aryl methyl sites for hydroxylation is 1. The van der Waals surface area contributed by atoms with Gasteiger partial charge in [-0.2, -0.15) is 0 Å². The van der Waals surface area contributed by atoms with E-state index in [1.165, 1.54) is 11.3 Å². The molecule has 0 aliphatic heterocycles. The Bertz CT molecular complexity index is 1280. The molecule has 0 amide bonds.